The monoisotopic (exact) mass is 431 g/mol. The van der Waals surface area contributed by atoms with Crippen molar-refractivity contribution in [2.24, 2.45) is 5.41 Å². The van der Waals surface area contributed by atoms with E-state index in [-0.39, 0.29) is 18.4 Å². The lowest BCUT2D eigenvalue weighted by Gasteiger charge is -2.55. The Morgan fingerprint density at radius 3 is 2.19 bits per heavy atom. The van der Waals surface area contributed by atoms with Crippen molar-refractivity contribution in [1.82, 2.24) is 10.2 Å². The highest BCUT2D eigenvalue weighted by Crippen LogP contribution is 2.53. The summed E-state index contributed by atoms with van der Waals surface area (Å²) in [5.41, 5.74) is 0.917. The van der Waals surface area contributed by atoms with Gasteiger partial charge in [-0.1, -0.05) is 19.3 Å². The van der Waals surface area contributed by atoms with Crippen LogP contribution in [0.4, 0.5) is 14.5 Å². The first-order chi connectivity index (χ1) is 14.9. The zero-order valence-corrected chi connectivity index (χ0v) is 18.0. The third-order valence-corrected chi connectivity index (χ3v) is 8.10. The summed E-state index contributed by atoms with van der Waals surface area (Å²) in [5.74, 6) is -3.37. The summed E-state index contributed by atoms with van der Waals surface area (Å²) < 4.78 is 29.7. The number of imide groups is 1. The number of hydrogen-bond acceptors (Lipinski definition) is 4. The highest BCUT2D eigenvalue weighted by atomic mass is 19.1. The molecule has 2 heterocycles. The summed E-state index contributed by atoms with van der Waals surface area (Å²) in [4.78, 5) is 28.0. The molecule has 2 aliphatic carbocycles. The van der Waals surface area contributed by atoms with Crippen LogP contribution in [0.1, 0.15) is 69.3 Å². The highest BCUT2D eigenvalue weighted by Gasteiger charge is 2.46. The van der Waals surface area contributed by atoms with E-state index in [1.165, 1.54) is 57.1 Å². The Hall–Kier alpha value is -2.02. The maximum Gasteiger partial charge on any atom is 0.234 e. The summed E-state index contributed by atoms with van der Waals surface area (Å²) in [6.07, 6.45) is 9.80. The fraction of sp³-hybridized carbons (Fsp3) is 0.667. The maximum atomic E-state index is 14.8. The molecule has 4 fully saturated rings. The van der Waals surface area contributed by atoms with E-state index < -0.39 is 29.4 Å². The fourth-order valence-corrected chi connectivity index (χ4v) is 6.31. The van der Waals surface area contributed by atoms with E-state index in [9.17, 15) is 18.4 Å². The largest absolute Gasteiger partial charge is 0.369 e. The molecule has 5 rings (SSSR count). The zero-order chi connectivity index (χ0) is 21.6. The van der Waals surface area contributed by atoms with Crippen molar-refractivity contribution in [3.05, 3.63) is 29.3 Å². The van der Waals surface area contributed by atoms with Crippen molar-refractivity contribution in [3.63, 3.8) is 0 Å². The molecule has 2 saturated heterocycles. The van der Waals surface area contributed by atoms with Gasteiger partial charge in [0, 0.05) is 49.9 Å². The molecule has 7 heteroatoms. The predicted molar refractivity (Wildman–Crippen MR) is 114 cm³/mol. The van der Waals surface area contributed by atoms with E-state index in [1.807, 2.05) is 4.90 Å². The molecule has 2 amide bonds. The van der Waals surface area contributed by atoms with Gasteiger partial charge >= 0.3 is 0 Å². The van der Waals surface area contributed by atoms with Gasteiger partial charge in [0.2, 0.25) is 11.8 Å². The summed E-state index contributed by atoms with van der Waals surface area (Å²) in [7, 11) is 0. The van der Waals surface area contributed by atoms with Gasteiger partial charge in [-0.05, 0) is 49.7 Å². The minimum Gasteiger partial charge on any atom is -0.369 e. The quantitative estimate of drug-likeness (QED) is 0.742. The van der Waals surface area contributed by atoms with Crippen LogP contribution in [-0.4, -0.2) is 48.9 Å². The van der Waals surface area contributed by atoms with Crippen LogP contribution < -0.4 is 10.2 Å². The number of carbonyl (C=O) groups is 2. The summed E-state index contributed by atoms with van der Waals surface area (Å²) in [6.45, 7) is 3.33. The number of hydrogen-bond donors (Lipinski definition) is 1. The lowest BCUT2D eigenvalue weighted by molar-refractivity contribution is -0.134. The molecule has 1 aromatic rings. The van der Waals surface area contributed by atoms with E-state index in [0.717, 1.165) is 26.2 Å². The second-order valence-corrected chi connectivity index (χ2v) is 9.97. The van der Waals surface area contributed by atoms with Crippen LogP contribution in [0.2, 0.25) is 0 Å². The Labute approximate surface area is 182 Å². The molecule has 2 aliphatic heterocycles. The summed E-state index contributed by atoms with van der Waals surface area (Å²) >= 11 is 0. The van der Waals surface area contributed by atoms with Gasteiger partial charge in [0.15, 0.2) is 0 Å². The second kappa shape index (κ2) is 8.15. The van der Waals surface area contributed by atoms with Gasteiger partial charge in [-0.15, -0.1) is 0 Å². The minimum absolute atomic E-state index is 0.0987. The SMILES string of the molecule is O=C1CCC(c2c(F)cc(N3CCN(C4CC5(CCCCC5)C4)CC3)cc2F)C(=O)N1. The molecule has 1 atom stereocenters. The number of benzene rings is 1. The van der Waals surface area contributed by atoms with Gasteiger partial charge in [0.1, 0.15) is 11.6 Å². The Morgan fingerprint density at radius 2 is 1.58 bits per heavy atom. The Morgan fingerprint density at radius 1 is 0.935 bits per heavy atom. The van der Waals surface area contributed by atoms with E-state index in [1.54, 1.807) is 0 Å². The van der Waals surface area contributed by atoms with Gasteiger partial charge in [0.05, 0.1) is 5.92 Å². The maximum absolute atomic E-state index is 14.8. The van der Waals surface area contributed by atoms with Gasteiger partial charge in [0.25, 0.3) is 0 Å². The van der Waals surface area contributed by atoms with Crippen LogP contribution in [0.25, 0.3) is 0 Å². The average Bonchev–Trinajstić information content (AvgIpc) is 2.73. The lowest BCUT2D eigenvalue weighted by Crippen LogP contribution is -2.57. The van der Waals surface area contributed by atoms with Gasteiger partial charge in [-0.3, -0.25) is 19.8 Å². The van der Waals surface area contributed by atoms with Crippen molar-refractivity contribution in [2.45, 2.75) is 69.7 Å². The van der Waals surface area contributed by atoms with E-state index in [0.29, 0.717) is 17.1 Å². The highest BCUT2D eigenvalue weighted by molar-refractivity contribution is 6.01. The predicted octanol–water partition coefficient (Wildman–Crippen LogP) is 3.72. The third-order valence-electron chi connectivity index (χ3n) is 8.10. The average molecular weight is 432 g/mol. The molecular formula is C24H31F2N3O2. The first kappa shape index (κ1) is 20.9. The molecule has 1 unspecified atom stereocenters. The van der Waals surface area contributed by atoms with Crippen molar-refractivity contribution < 1.29 is 18.4 Å². The Balaban J connectivity index is 1.21. The number of anilines is 1. The number of nitrogens with zero attached hydrogens (tertiary/aromatic N) is 2. The number of rotatable bonds is 3. The summed E-state index contributed by atoms with van der Waals surface area (Å²) in [6, 6.07) is 3.36. The molecule has 31 heavy (non-hydrogen) atoms. The molecule has 0 radical (unpaired) electrons. The first-order valence-electron chi connectivity index (χ1n) is 11.8. The number of carbonyl (C=O) groups excluding carboxylic acids is 2. The third kappa shape index (κ3) is 3.97. The van der Waals surface area contributed by atoms with Crippen molar-refractivity contribution in [3.8, 4) is 0 Å². The molecule has 5 nitrogen and oxygen atoms in total. The number of piperazine rings is 1. The Bertz CT molecular complexity index is 845. The van der Waals surface area contributed by atoms with Crippen LogP contribution in [0.3, 0.4) is 0 Å². The lowest BCUT2D eigenvalue weighted by atomic mass is 9.58. The standard InChI is InChI=1S/C24H31F2N3O2/c25-19-12-16(13-20(26)22(19)18-4-5-21(30)27-23(18)31)28-8-10-29(11-9-28)17-14-24(15-17)6-2-1-3-7-24/h12-13,17-18H,1-11,14-15H2,(H,27,30,31). The molecule has 4 aliphatic rings. The molecule has 1 aromatic carbocycles. The smallest absolute Gasteiger partial charge is 0.234 e. The number of amides is 2. The van der Waals surface area contributed by atoms with Gasteiger partial charge in [-0.2, -0.15) is 0 Å². The van der Waals surface area contributed by atoms with Crippen LogP contribution in [0.15, 0.2) is 12.1 Å². The van der Waals surface area contributed by atoms with Crippen molar-refractivity contribution in [1.29, 1.82) is 0 Å². The number of piperidine rings is 1. The van der Waals surface area contributed by atoms with E-state index in [2.05, 4.69) is 10.2 Å². The molecule has 0 bridgehead atoms. The van der Waals surface area contributed by atoms with Crippen molar-refractivity contribution >= 4 is 17.5 Å². The molecule has 1 N–H and O–H groups in total. The fourth-order valence-electron chi connectivity index (χ4n) is 6.31. The topological polar surface area (TPSA) is 52.7 Å². The normalized spacial score (nSPS) is 27.3. The van der Waals surface area contributed by atoms with Crippen LogP contribution >= 0.6 is 0 Å². The minimum atomic E-state index is -0.950. The molecular weight excluding hydrogens is 400 g/mol. The number of nitrogens with one attached hydrogen (secondary N) is 1. The van der Waals surface area contributed by atoms with Gasteiger partial charge < -0.3 is 4.90 Å². The van der Waals surface area contributed by atoms with Gasteiger partial charge in [-0.25, -0.2) is 8.78 Å². The molecule has 1 spiro atoms. The van der Waals surface area contributed by atoms with E-state index in [4.69, 9.17) is 0 Å². The van der Waals surface area contributed by atoms with Crippen molar-refractivity contribution in [2.75, 3.05) is 31.1 Å². The van der Waals surface area contributed by atoms with Crippen LogP contribution in [-0.2, 0) is 9.59 Å². The number of halogens is 2. The van der Waals surface area contributed by atoms with Crippen LogP contribution in [0, 0.1) is 17.0 Å². The second-order valence-electron chi connectivity index (χ2n) is 9.97. The van der Waals surface area contributed by atoms with E-state index >= 15 is 0 Å². The zero-order valence-electron chi connectivity index (χ0n) is 18.0. The first-order valence-corrected chi connectivity index (χ1v) is 11.8. The molecule has 2 saturated carbocycles. The molecule has 0 aromatic heterocycles. The Kier molecular flexibility index (Phi) is 5.49. The summed E-state index contributed by atoms with van der Waals surface area (Å²) in [5, 5.41) is 2.18. The molecule has 168 valence electrons. The van der Waals surface area contributed by atoms with Crippen LogP contribution in [0.5, 0.6) is 0 Å².